The molecular formula is C12H16Br2N2. The van der Waals surface area contributed by atoms with E-state index in [0.717, 1.165) is 35.0 Å². The molecule has 4 heteroatoms. The molecule has 2 unspecified atom stereocenters. The standard InChI is InChI=1S/C12H16Br2N2/c1-8-5-6-16(7-11(8)14)12-4-3-10(13)9(2)15-12/h3-4,8,11H,5-7H2,1-2H3. The lowest BCUT2D eigenvalue weighted by atomic mass is 9.99. The fraction of sp³-hybridized carbons (Fsp3) is 0.583. The Morgan fingerprint density at radius 2 is 2.19 bits per heavy atom. The van der Waals surface area contributed by atoms with Crippen LogP contribution < -0.4 is 4.90 Å². The van der Waals surface area contributed by atoms with Crippen LogP contribution in [-0.2, 0) is 0 Å². The van der Waals surface area contributed by atoms with Crippen LogP contribution >= 0.6 is 31.9 Å². The first kappa shape index (κ1) is 12.4. The lowest BCUT2D eigenvalue weighted by molar-refractivity contribution is 0.454. The summed E-state index contributed by atoms with van der Waals surface area (Å²) in [5, 5.41) is 0. The molecule has 2 rings (SSSR count). The smallest absolute Gasteiger partial charge is 0.128 e. The van der Waals surface area contributed by atoms with E-state index in [0.29, 0.717) is 4.83 Å². The van der Waals surface area contributed by atoms with Gasteiger partial charge in [0.15, 0.2) is 0 Å². The van der Waals surface area contributed by atoms with Gasteiger partial charge in [-0.1, -0.05) is 22.9 Å². The van der Waals surface area contributed by atoms with Gasteiger partial charge in [0.2, 0.25) is 0 Å². The van der Waals surface area contributed by atoms with Gasteiger partial charge in [-0.2, -0.15) is 0 Å². The van der Waals surface area contributed by atoms with E-state index < -0.39 is 0 Å². The Balaban J connectivity index is 2.15. The van der Waals surface area contributed by atoms with Gasteiger partial charge in [0.25, 0.3) is 0 Å². The first-order chi connectivity index (χ1) is 7.58. The highest BCUT2D eigenvalue weighted by Crippen LogP contribution is 2.27. The summed E-state index contributed by atoms with van der Waals surface area (Å²) >= 11 is 7.23. The number of rotatable bonds is 1. The van der Waals surface area contributed by atoms with E-state index >= 15 is 0 Å². The minimum atomic E-state index is 0.576. The Hall–Kier alpha value is -0.0900. The molecule has 1 aromatic heterocycles. The van der Waals surface area contributed by atoms with Crippen LogP contribution in [0.3, 0.4) is 0 Å². The molecule has 0 aromatic carbocycles. The number of hydrogen-bond donors (Lipinski definition) is 0. The predicted molar refractivity (Wildman–Crippen MR) is 75.4 cm³/mol. The SMILES string of the molecule is Cc1nc(N2CCC(C)C(Br)C2)ccc1Br. The number of piperidine rings is 1. The molecule has 0 amide bonds. The summed E-state index contributed by atoms with van der Waals surface area (Å²) < 4.78 is 1.08. The van der Waals surface area contributed by atoms with Crippen LogP contribution in [0.1, 0.15) is 19.0 Å². The molecule has 0 radical (unpaired) electrons. The highest BCUT2D eigenvalue weighted by molar-refractivity contribution is 9.10. The van der Waals surface area contributed by atoms with Crippen molar-refractivity contribution in [2.45, 2.75) is 25.1 Å². The molecule has 2 heterocycles. The van der Waals surface area contributed by atoms with Crippen LogP contribution in [0, 0.1) is 12.8 Å². The molecule has 0 bridgehead atoms. The second kappa shape index (κ2) is 5.05. The van der Waals surface area contributed by atoms with E-state index in [1.54, 1.807) is 0 Å². The number of nitrogens with zero attached hydrogens (tertiary/aromatic N) is 2. The molecule has 0 N–H and O–H groups in total. The molecule has 1 fully saturated rings. The lowest BCUT2D eigenvalue weighted by Gasteiger charge is -2.35. The van der Waals surface area contributed by atoms with Gasteiger partial charge in [0.1, 0.15) is 5.82 Å². The predicted octanol–water partition coefficient (Wildman–Crippen LogP) is 3.76. The van der Waals surface area contributed by atoms with Gasteiger partial charge >= 0.3 is 0 Å². The summed E-state index contributed by atoms with van der Waals surface area (Å²) in [5.41, 5.74) is 1.06. The number of aromatic nitrogens is 1. The molecule has 0 aliphatic carbocycles. The fourth-order valence-electron chi connectivity index (χ4n) is 1.94. The highest BCUT2D eigenvalue weighted by Gasteiger charge is 2.24. The molecule has 2 nitrogen and oxygen atoms in total. The van der Waals surface area contributed by atoms with Crippen molar-refractivity contribution in [2.75, 3.05) is 18.0 Å². The maximum atomic E-state index is 4.61. The normalized spacial score (nSPS) is 25.9. The van der Waals surface area contributed by atoms with Crippen LogP contribution in [-0.4, -0.2) is 22.9 Å². The zero-order valence-electron chi connectivity index (χ0n) is 9.58. The summed E-state index contributed by atoms with van der Waals surface area (Å²) in [6.07, 6.45) is 1.23. The van der Waals surface area contributed by atoms with Crippen molar-refractivity contribution in [3.05, 3.63) is 22.3 Å². The number of alkyl halides is 1. The molecule has 88 valence electrons. The zero-order valence-corrected chi connectivity index (χ0v) is 12.8. The summed E-state index contributed by atoms with van der Waals surface area (Å²) in [5.74, 6) is 1.85. The molecule has 0 spiro atoms. The van der Waals surface area contributed by atoms with Crippen LogP contribution in [0.15, 0.2) is 16.6 Å². The average Bonchev–Trinajstić information content (AvgIpc) is 2.26. The minimum Gasteiger partial charge on any atom is -0.355 e. The van der Waals surface area contributed by atoms with E-state index in [1.807, 2.05) is 6.92 Å². The van der Waals surface area contributed by atoms with E-state index in [-0.39, 0.29) is 0 Å². The molecule has 1 aromatic rings. The van der Waals surface area contributed by atoms with Crippen LogP contribution in [0.5, 0.6) is 0 Å². The van der Waals surface area contributed by atoms with Crippen molar-refractivity contribution in [1.29, 1.82) is 0 Å². The Bertz CT molecular complexity index is 381. The maximum Gasteiger partial charge on any atom is 0.128 e. The van der Waals surface area contributed by atoms with Gasteiger partial charge in [-0.15, -0.1) is 0 Å². The van der Waals surface area contributed by atoms with Crippen molar-refractivity contribution in [1.82, 2.24) is 4.98 Å². The third-order valence-corrected chi connectivity index (χ3v) is 5.23. The number of anilines is 1. The number of hydrogen-bond acceptors (Lipinski definition) is 2. The van der Waals surface area contributed by atoms with E-state index in [4.69, 9.17) is 0 Å². The van der Waals surface area contributed by atoms with Gasteiger partial charge in [-0.25, -0.2) is 4.98 Å². The largest absolute Gasteiger partial charge is 0.355 e. The quantitative estimate of drug-likeness (QED) is 0.719. The molecule has 2 atom stereocenters. The first-order valence-corrected chi connectivity index (χ1v) is 7.31. The molecule has 16 heavy (non-hydrogen) atoms. The third kappa shape index (κ3) is 2.59. The fourth-order valence-corrected chi connectivity index (χ4v) is 2.77. The molecular weight excluding hydrogens is 332 g/mol. The summed E-state index contributed by atoms with van der Waals surface area (Å²) in [6.45, 7) is 6.50. The van der Waals surface area contributed by atoms with Gasteiger partial charge in [-0.3, -0.25) is 0 Å². The topological polar surface area (TPSA) is 16.1 Å². The highest BCUT2D eigenvalue weighted by atomic mass is 79.9. The van der Waals surface area contributed by atoms with Crippen LogP contribution in [0.2, 0.25) is 0 Å². The first-order valence-electron chi connectivity index (χ1n) is 5.60. The van der Waals surface area contributed by atoms with Gasteiger partial charge in [0, 0.05) is 22.4 Å². The second-order valence-electron chi connectivity index (χ2n) is 4.46. The number of halogens is 2. The van der Waals surface area contributed by atoms with E-state index in [1.165, 1.54) is 6.42 Å². The van der Waals surface area contributed by atoms with Crippen molar-refractivity contribution >= 4 is 37.7 Å². The van der Waals surface area contributed by atoms with E-state index in [2.05, 4.69) is 60.8 Å². The van der Waals surface area contributed by atoms with Crippen molar-refractivity contribution in [2.24, 2.45) is 5.92 Å². The van der Waals surface area contributed by atoms with Crippen LogP contribution in [0.25, 0.3) is 0 Å². The second-order valence-corrected chi connectivity index (χ2v) is 6.50. The van der Waals surface area contributed by atoms with Crippen molar-refractivity contribution < 1.29 is 0 Å². The van der Waals surface area contributed by atoms with Gasteiger partial charge in [-0.05, 0) is 47.3 Å². The third-order valence-electron chi connectivity index (χ3n) is 3.20. The van der Waals surface area contributed by atoms with Crippen LogP contribution in [0.4, 0.5) is 5.82 Å². The number of pyridine rings is 1. The van der Waals surface area contributed by atoms with Crippen molar-refractivity contribution in [3.63, 3.8) is 0 Å². The average molecular weight is 348 g/mol. The summed E-state index contributed by atoms with van der Waals surface area (Å²) in [6, 6.07) is 4.17. The number of aryl methyl sites for hydroxylation is 1. The van der Waals surface area contributed by atoms with Crippen molar-refractivity contribution in [3.8, 4) is 0 Å². The van der Waals surface area contributed by atoms with Gasteiger partial charge < -0.3 is 4.90 Å². The molecule has 1 aliphatic rings. The summed E-state index contributed by atoms with van der Waals surface area (Å²) in [4.78, 5) is 7.55. The molecule has 1 aliphatic heterocycles. The molecule has 1 saturated heterocycles. The Labute approximate surface area is 114 Å². The van der Waals surface area contributed by atoms with E-state index in [9.17, 15) is 0 Å². The Kier molecular flexibility index (Phi) is 3.90. The zero-order chi connectivity index (χ0) is 11.7. The molecule has 0 saturated carbocycles. The summed E-state index contributed by atoms with van der Waals surface area (Å²) in [7, 11) is 0. The Morgan fingerprint density at radius 3 is 2.81 bits per heavy atom. The van der Waals surface area contributed by atoms with Gasteiger partial charge in [0.05, 0.1) is 5.69 Å². The monoisotopic (exact) mass is 346 g/mol. The maximum absolute atomic E-state index is 4.61. The minimum absolute atomic E-state index is 0.576. The Morgan fingerprint density at radius 1 is 1.44 bits per heavy atom. The lowest BCUT2D eigenvalue weighted by Crippen LogP contribution is -2.40.